The molecule has 1 aliphatic heterocycles. The van der Waals surface area contributed by atoms with Crippen molar-refractivity contribution in [1.29, 1.82) is 0 Å². The summed E-state index contributed by atoms with van der Waals surface area (Å²) in [6.07, 6.45) is 0. The molecular formula is C12H12N2S2. The van der Waals surface area contributed by atoms with Crippen molar-refractivity contribution < 1.29 is 0 Å². The summed E-state index contributed by atoms with van der Waals surface area (Å²) in [6.45, 7) is 0.866. The Morgan fingerprint density at radius 1 is 1.38 bits per heavy atom. The molecule has 0 aliphatic carbocycles. The van der Waals surface area contributed by atoms with Gasteiger partial charge < -0.3 is 5.32 Å². The summed E-state index contributed by atoms with van der Waals surface area (Å²) in [7, 11) is 1.96. The minimum atomic E-state index is 0.866. The molecule has 2 nitrogen and oxygen atoms in total. The third kappa shape index (κ3) is 1.67. The number of nitrogens with one attached hydrogen (secondary N) is 1. The maximum Gasteiger partial charge on any atom is 0.107 e. The Kier molecular flexibility index (Phi) is 2.71. The number of fused-ring (bicyclic) bond motifs is 3. The topological polar surface area (TPSA) is 24.9 Å². The van der Waals surface area contributed by atoms with Crippen LogP contribution in [0.15, 0.2) is 29.2 Å². The minimum Gasteiger partial charge on any atom is -0.314 e. The van der Waals surface area contributed by atoms with Crippen LogP contribution in [-0.2, 0) is 12.3 Å². The van der Waals surface area contributed by atoms with E-state index in [1.807, 2.05) is 30.1 Å². The van der Waals surface area contributed by atoms with E-state index < -0.39 is 0 Å². The van der Waals surface area contributed by atoms with Crippen LogP contribution in [0.5, 0.6) is 0 Å². The first kappa shape index (κ1) is 10.3. The number of thioether (sulfide) groups is 1. The Labute approximate surface area is 103 Å². The third-order valence-electron chi connectivity index (χ3n) is 2.57. The van der Waals surface area contributed by atoms with E-state index in [4.69, 9.17) is 4.98 Å². The van der Waals surface area contributed by atoms with Crippen LogP contribution in [0.2, 0.25) is 0 Å². The highest BCUT2D eigenvalue weighted by Crippen LogP contribution is 2.43. The molecule has 0 spiro atoms. The lowest BCUT2D eigenvalue weighted by Crippen LogP contribution is -2.04. The van der Waals surface area contributed by atoms with Gasteiger partial charge >= 0.3 is 0 Å². The van der Waals surface area contributed by atoms with Gasteiger partial charge in [-0.05, 0) is 13.1 Å². The van der Waals surface area contributed by atoms with Gasteiger partial charge in [-0.3, -0.25) is 0 Å². The zero-order valence-corrected chi connectivity index (χ0v) is 10.6. The third-order valence-corrected chi connectivity index (χ3v) is 4.91. The lowest BCUT2D eigenvalue weighted by atomic mass is 10.1. The van der Waals surface area contributed by atoms with Crippen LogP contribution in [0.25, 0.3) is 11.3 Å². The van der Waals surface area contributed by atoms with Crippen molar-refractivity contribution in [2.75, 3.05) is 7.05 Å². The molecule has 1 N–H and O–H groups in total. The van der Waals surface area contributed by atoms with Gasteiger partial charge in [-0.15, -0.1) is 23.1 Å². The number of aromatic nitrogens is 1. The van der Waals surface area contributed by atoms with Gasteiger partial charge in [-0.25, -0.2) is 4.98 Å². The van der Waals surface area contributed by atoms with Gasteiger partial charge in [0, 0.05) is 27.6 Å². The summed E-state index contributed by atoms with van der Waals surface area (Å²) in [5, 5.41) is 4.34. The first-order chi connectivity index (χ1) is 7.88. The fourth-order valence-electron chi connectivity index (χ4n) is 1.87. The summed E-state index contributed by atoms with van der Waals surface area (Å²) in [6, 6.07) is 8.53. The smallest absolute Gasteiger partial charge is 0.107 e. The van der Waals surface area contributed by atoms with Crippen LogP contribution in [-0.4, -0.2) is 12.0 Å². The van der Waals surface area contributed by atoms with E-state index in [0.717, 1.165) is 12.3 Å². The number of benzene rings is 1. The van der Waals surface area contributed by atoms with Gasteiger partial charge in [-0.1, -0.05) is 18.2 Å². The standard InChI is InChI=1S/C12H12N2S2/c1-13-6-11-14-12-8-4-2-3-5-9(8)15-7-10(12)16-11/h2-5,13H,6-7H2,1H3. The van der Waals surface area contributed by atoms with E-state index in [-0.39, 0.29) is 0 Å². The monoisotopic (exact) mass is 248 g/mol. The quantitative estimate of drug-likeness (QED) is 0.884. The zero-order chi connectivity index (χ0) is 11.0. The fraction of sp³-hybridized carbons (Fsp3) is 0.250. The van der Waals surface area contributed by atoms with Crippen LogP contribution in [0.1, 0.15) is 9.88 Å². The van der Waals surface area contributed by atoms with E-state index in [0.29, 0.717) is 0 Å². The number of rotatable bonds is 2. The maximum absolute atomic E-state index is 4.72. The average Bonchev–Trinajstić information content (AvgIpc) is 2.72. The molecule has 4 heteroatoms. The summed E-state index contributed by atoms with van der Waals surface area (Å²) in [5.74, 6) is 1.06. The molecule has 0 saturated heterocycles. The average molecular weight is 248 g/mol. The van der Waals surface area contributed by atoms with E-state index in [2.05, 4.69) is 29.6 Å². The molecule has 2 heterocycles. The van der Waals surface area contributed by atoms with E-state index in [1.165, 1.54) is 26.0 Å². The van der Waals surface area contributed by atoms with Gasteiger partial charge in [0.25, 0.3) is 0 Å². The lowest BCUT2D eigenvalue weighted by Gasteiger charge is -2.13. The Hall–Kier alpha value is -0.840. The molecule has 0 atom stereocenters. The number of nitrogens with zero attached hydrogens (tertiary/aromatic N) is 1. The van der Waals surface area contributed by atoms with Crippen LogP contribution < -0.4 is 5.32 Å². The predicted molar refractivity (Wildman–Crippen MR) is 69.9 cm³/mol. The predicted octanol–water partition coefficient (Wildman–Crippen LogP) is 3.14. The highest BCUT2D eigenvalue weighted by atomic mass is 32.2. The zero-order valence-electron chi connectivity index (χ0n) is 8.99. The molecule has 82 valence electrons. The molecule has 0 amide bonds. The summed E-state index contributed by atoms with van der Waals surface area (Å²) in [4.78, 5) is 7.49. The maximum atomic E-state index is 4.72. The molecule has 0 unspecified atom stereocenters. The van der Waals surface area contributed by atoms with Gasteiger partial charge in [0.05, 0.1) is 5.69 Å². The number of hydrogen-bond acceptors (Lipinski definition) is 4. The molecule has 0 saturated carbocycles. The highest BCUT2D eigenvalue weighted by Gasteiger charge is 2.20. The summed E-state index contributed by atoms with van der Waals surface area (Å²) < 4.78 is 0. The minimum absolute atomic E-state index is 0.866. The van der Waals surface area contributed by atoms with Crippen LogP contribution in [0.4, 0.5) is 0 Å². The fourth-order valence-corrected chi connectivity index (χ4v) is 4.09. The SMILES string of the molecule is CNCc1nc2c(s1)CSc1ccccc1-2. The molecule has 3 rings (SSSR count). The Morgan fingerprint density at radius 3 is 3.12 bits per heavy atom. The van der Waals surface area contributed by atoms with Crippen LogP contribution in [0, 0.1) is 0 Å². The molecule has 16 heavy (non-hydrogen) atoms. The summed E-state index contributed by atoms with van der Waals surface area (Å²) >= 11 is 3.74. The van der Waals surface area contributed by atoms with Gasteiger partial charge in [0.2, 0.25) is 0 Å². The van der Waals surface area contributed by atoms with Crippen molar-refractivity contribution in [3.05, 3.63) is 34.2 Å². The van der Waals surface area contributed by atoms with Gasteiger partial charge in [-0.2, -0.15) is 0 Å². The molecule has 1 aromatic carbocycles. The van der Waals surface area contributed by atoms with Crippen LogP contribution >= 0.6 is 23.1 Å². The first-order valence-corrected chi connectivity index (χ1v) is 7.04. The molecule has 1 aromatic heterocycles. The van der Waals surface area contributed by atoms with E-state index in [1.54, 1.807) is 0 Å². The first-order valence-electron chi connectivity index (χ1n) is 5.24. The Balaban J connectivity index is 2.09. The normalized spacial score (nSPS) is 13.3. The van der Waals surface area contributed by atoms with Crippen molar-refractivity contribution in [3.8, 4) is 11.3 Å². The molecule has 1 aliphatic rings. The molecule has 0 bridgehead atoms. The highest BCUT2D eigenvalue weighted by molar-refractivity contribution is 7.98. The number of hydrogen-bond donors (Lipinski definition) is 1. The second-order valence-electron chi connectivity index (χ2n) is 3.69. The van der Waals surface area contributed by atoms with Crippen molar-refractivity contribution >= 4 is 23.1 Å². The lowest BCUT2D eigenvalue weighted by molar-refractivity contribution is 0.810. The second kappa shape index (κ2) is 4.20. The molecule has 0 radical (unpaired) electrons. The van der Waals surface area contributed by atoms with Crippen molar-refractivity contribution in [2.24, 2.45) is 0 Å². The van der Waals surface area contributed by atoms with Crippen molar-refractivity contribution in [2.45, 2.75) is 17.2 Å². The second-order valence-corrected chi connectivity index (χ2v) is 5.88. The molecular weight excluding hydrogens is 236 g/mol. The van der Waals surface area contributed by atoms with Gasteiger partial charge in [0.15, 0.2) is 0 Å². The van der Waals surface area contributed by atoms with Gasteiger partial charge in [0.1, 0.15) is 5.01 Å². The van der Waals surface area contributed by atoms with Crippen LogP contribution in [0.3, 0.4) is 0 Å². The number of thiazole rings is 1. The van der Waals surface area contributed by atoms with Crippen molar-refractivity contribution in [3.63, 3.8) is 0 Å². The Bertz CT molecular complexity index is 519. The Morgan fingerprint density at radius 2 is 2.25 bits per heavy atom. The van der Waals surface area contributed by atoms with Crippen molar-refractivity contribution in [1.82, 2.24) is 10.3 Å². The largest absolute Gasteiger partial charge is 0.314 e. The van der Waals surface area contributed by atoms with E-state index >= 15 is 0 Å². The molecule has 0 fully saturated rings. The molecule has 2 aromatic rings. The summed E-state index contributed by atoms with van der Waals surface area (Å²) in [5.41, 5.74) is 2.50. The van der Waals surface area contributed by atoms with E-state index in [9.17, 15) is 0 Å².